The van der Waals surface area contributed by atoms with Crippen LogP contribution in [0.1, 0.15) is 28.6 Å². The number of hydrogen-bond donors (Lipinski definition) is 3. The summed E-state index contributed by atoms with van der Waals surface area (Å²) in [5.74, 6) is 1.70. The second kappa shape index (κ2) is 9.21. The highest BCUT2D eigenvalue weighted by Gasteiger charge is 2.25. The number of pyridine rings is 1. The first kappa shape index (κ1) is 21.5. The van der Waals surface area contributed by atoms with E-state index in [-0.39, 0.29) is 6.04 Å². The number of benzene rings is 1. The van der Waals surface area contributed by atoms with E-state index in [1.54, 1.807) is 14.2 Å². The highest BCUT2D eigenvalue weighted by Crippen LogP contribution is 2.37. The number of aromatic nitrogens is 3. The molecule has 0 radical (unpaired) electrons. The molecule has 0 spiro atoms. The lowest BCUT2D eigenvalue weighted by molar-refractivity contribution is 0.0656. The summed E-state index contributed by atoms with van der Waals surface area (Å²) in [6.07, 6.45) is 0.902. The number of aryl methyl sites for hydroxylation is 1. The molecular weight excluding hydrogens is 392 g/mol. The number of methoxy groups -OCH3 is 2. The van der Waals surface area contributed by atoms with Gasteiger partial charge >= 0.3 is 0 Å². The molecule has 2 aromatic heterocycles. The average molecular weight is 425 g/mol. The van der Waals surface area contributed by atoms with Gasteiger partial charge < -0.3 is 30.4 Å². The number of anilines is 2. The van der Waals surface area contributed by atoms with Crippen molar-refractivity contribution in [3.63, 3.8) is 0 Å². The number of nitrogen functional groups attached to an aromatic ring is 1. The van der Waals surface area contributed by atoms with Gasteiger partial charge in [-0.25, -0.2) is 9.97 Å². The first-order valence-electron chi connectivity index (χ1n) is 10.6. The summed E-state index contributed by atoms with van der Waals surface area (Å²) in [5.41, 5.74) is 12.6. The van der Waals surface area contributed by atoms with Gasteiger partial charge in [0, 0.05) is 44.5 Å². The third-order valence-corrected chi connectivity index (χ3v) is 5.76. The summed E-state index contributed by atoms with van der Waals surface area (Å²) < 4.78 is 10.7. The maximum Gasteiger partial charge on any atom is 0.180 e. The summed E-state index contributed by atoms with van der Waals surface area (Å²) >= 11 is 0. The summed E-state index contributed by atoms with van der Waals surface area (Å²) in [6, 6.07) is 8.77. The van der Waals surface area contributed by atoms with Crippen molar-refractivity contribution < 1.29 is 9.47 Å². The van der Waals surface area contributed by atoms with Crippen LogP contribution in [0.2, 0.25) is 0 Å². The summed E-state index contributed by atoms with van der Waals surface area (Å²) in [7, 11) is 5.62. The van der Waals surface area contributed by atoms with Crippen molar-refractivity contribution in [2.24, 2.45) is 5.92 Å². The molecule has 31 heavy (non-hydrogen) atoms. The number of H-pyrrole nitrogens is 1. The van der Waals surface area contributed by atoms with Crippen LogP contribution in [0, 0.1) is 12.8 Å². The molecule has 8 nitrogen and oxygen atoms in total. The van der Waals surface area contributed by atoms with Gasteiger partial charge in [0.1, 0.15) is 11.6 Å². The van der Waals surface area contributed by atoms with Crippen LogP contribution in [0.15, 0.2) is 24.3 Å². The number of imidazole rings is 1. The molecular formula is C23H32N6O2. The van der Waals surface area contributed by atoms with Crippen molar-refractivity contribution in [1.29, 1.82) is 0 Å². The highest BCUT2D eigenvalue weighted by atomic mass is 16.5. The highest BCUT2D eigenvalue weighted by molar-refractivity contribution is 5.79. The lowest BCUT2D eigenvalue weighted by Gasteiger charge is -2.23. The first-order chi connectivity index (χ1) is 15.0. The van der Waals surface area contributed by atoms with Gasteiger partial charge in [-0.05, 0) is 43.7 Å². The van der Waals surface area contributed by atoms with E-state index >= 15 is 0 Å². The van der Waals surface area contributed by atoms with E-state index in [1.807, 2.05) is 13.0 Å². The Balaban J connectivity index is 1.47. The quantitative estimate of drug-likeness (QED) is 0.485. The predicted octanol–water partition coefficient (Wildman–Crippen LogP) is 2.90. The van der Waals surface area contributed by atoms with Gasteiger partial charge in [-0.2, -0.15) is 0 Å². The van der Waals surface area contributed by atoms with Crippen LogP contribution in [0.3, 0.4) is 0 Å². The van der Waals surface area contributed by atoms with Gasteiger partial charge in [0.2, 0.25) is 0 Å². The summed E-state index contributed by atoms with van der Waals surface area (Å²) in [4.78, 5) is 14.5. The molecule has 0 fully saturated rings. The van der Waals surface area contributed by atoms with Crippen LogP contribution in [0.4, 0.5) is 11.5 Å². The van der Waals surface area contributed by atoms with E-state index in [9.17, 15) is 0 Å². The van der Waals surface area contributed by atoms with Crippen molar-refractivity contribution in [3.05, 3.63) is 46.8 Å². The Labute approximate surface area is 183 Å². The summed E-state index contributed by atoms with van der Waals surface area (Å²) in [5, 5.41) is 3.65. The zero-order valence-corrected chi connectivity index (χ0v) is 18.7. The molecule has 1 unspecified atom stereocenters. The maximum atomic E-state index is 6.05. The smallest absolute Gasteiger partial charge is 0.180 e. The minimum absolute atomic E-state index is 0.142. The Kier molecular flexibility index (Phi) is 6.41. The molecule has 4 rings (SSSR count). The van der Waals surface area contributed by atoms with Gasteiger partial charge in [0.15, 0.2) is 5.65 Å². The van der Waals surface area contributed by atoms with Crippen LogP contribution >= 0.6 is 0 Å². The van der Waals surface area contributed by atoms with Gasteiger partial charge in [-0.15, -0.1) is 0 Å². The van der Waals surface area contributed by atoms with E-state index in [4.69, 9.17) is 15.2 Å². The van der Waals surface area contributed by atoms with E-state index in [2.05, 4.69) is 50.4 Å². The number of fused-ring (bicyclic) bond motifs is 2. The topological polar surface area (TPSA) is 101 Å². The molecule has 0 saturated carbocycles. The molecule has 0 bridgehead atoms. The second-order valence-corrected chi connectivity index (χ2v) is 8.52. The summed E-state index contributed by atoms with van der Waals surface area (Å²) in [6.45, 7) is 5.14. The molecule has 0 saturated heterocycles. The number of rotatable bonds is 9. The fourth-order valence-electron chi connectivity index (χ4n) is 4.57. The molecule has 0 aliphatic carbocycles. The van der Waals surface area contributed by atoms with Crippen molar-refractivity contribution in [3.8, 4) is 0 Å². The number of nitrogens with one attached hydrogen (secondary N) is 2. The molecule has 8 heteroatoms. The molecule has 1 atom stereocenters. The third kappa shape index (κ3) is 4.81. The molecule has 0 amide bonds. The molecule has 1 aliphatic heterocycles. The fraction of sp³-hybridized carbons (Fsp3) is 0.478. The lowest BCUT2D eigenvalue weighted by atomic mass is 10.0. The van der Waals surface area contributed by atoms with Crippen molar-refractivity contribution in [1.82, 2.24) is 19.9 Å². The monoisotopic (exact) mass is 424 g/mol. The van der Waals surface area contributed by atoms with E-state index in [0.29, 0.717) is 30.6 Å². The normalized spacial score (nSPS) is 15.7. The van der Waals surface area contributed by atoms with E-state index in [1.165, 1.54) is 16.8 Å². The zero-order valence-electron chi connectivity index (χ0n) is 18.7. The number of ether oxygens (including phenoxy) is 2. The van der Waals surface area contributed by atoms with E-state index in [0.717, 1.165) is 36.4 Å². The van der Waals surface area contributed by atoms with Gasteiger partial charge in [0.05, 0.1) is 24.8 Å². The largest absolute Gasteiger partial charge is 0.384 e. The Morgan fingerprint density at radius 2 is 1.97 bits per heavy atom. The molecule has 1 aromatic carbocycles. The number of aromatic amines is 1. The van der Waals surface area contributed by atoms with Crippen molar-refractivity contribution in [2.75, 3.05) is 52.1 Å². The Hall–Kier alpha value is -2.68. The van der Waals surface area contributed by atoms with Crippen LogP contribution in [-0.4, -0.2) is 60.9 Å². The van der Waals surface area contributed by atoms with Crippen LogP contribution in [0.25, 0.3) is 11.2 Å². The molecule has 3 aromatic rings. The van der Waals surface area contributed by atoms with Crippen LogP contribution in [0.5, 0.6) is 0 Å². The standard InChI is InChI=1S/C23H32N6O2/c1-14-25-22-18(9-21(24)28-23(22)26-14)20-8-17-7-15(5-6-19(17)27-20)10-29(2)11-16(12-30-3)13-31-4/h5-7,9,16,20,27H,8,10-13H2,1-4H3,(H3,24,25,26,28). The predicted molar refractivity (Wildman–Crippen MR) is 123 cm³/mol. The number of nitrogens with two attached hydrogens (primary N) is 1. The van der Waals surface area contributed by atoms with Gasteiger partial charge in [-0.1, -0.05) is 12.1 Å². The molecule has 1 aliphatic rings. The molecule has 3 heterocycles. The lowest BCUT2D eigenvalue weighted by Crippen LogP contribution is -2.30. The third-order valence-electron chi connectivity index (χ3n) is 5.76. The zero-order chi connectivity index (χ0) is 22.0. The minimum Gasteiger partial charge on any atom is -0.384 e. The number of nitrogens with zero attached hydrogens (tertiary/aromatic N) is 3. The Morgan fingerprint density at radius 1 is 1.19 bits per heavy atom. The number of hydrogen-bond acceptors (Lipinski definition) is 7. The van der Waals surface area contributed by atoms with Crippen molar-refractivity contribution >= 4 is 22.7 Å². The van der Waals surface area contributed by atoms with Crippen molar-refractivity contribution in [2.45, 2.75) is 25.9 Å². The average Bonchev–Trinajstić information content (AvgIpc) is 3.29. The van der Waals surface area contributed by atoms with E-state index < -0.39 is 0 Å². The maximum absolute atomic E-state index is 6.05. The SMILES string of the molecule is COCC(COC)CN(C)Cc1ccc2c(c1)CC(c1cc(N)nc3nc(C)[nH]c13)N2. The second-order valence-electron chi connectivity index (χ2n) is 8.52. The molecule has 4 N–H and O–H groups in total. The Morgan fingerprint density at radius 3 is 2.71 bits per heavy atom. The molecule has 166 valence electrons. The van der Waals surface area contributed by atoms with Crippen LogP contribution in [-0.2, 0) is 22.4 Å². The van der Waals surface area contributed by atoms with Crippen LogP contribution < -0.4 is 11.1 Å². The first-order valence-corrected chi connectivity index (χ1v) is 10.6. The Bertz CT molecular complexity index is 1040. The minimum atomic E-state index is 0.142. The van der Waals surface area contributed by atoms with Gasteiger partial charge in [-0.3, -0.25) is 0 Å². The fourth-order valence-corrected chi connectivity index (χ4v) is 4.57. The van der Waals surface area contributed by atoms with Gasteiger partial charge in [0.25, 0.3) is 0 Å².